The second kappa shape index (κ2) is 1.89. The van der Waals surface area contributed by atoms with Crippen molar-refractivity contribution in [2.45, 2.75) is 32.9 Å². The largest absolute Gasteiger partial charge is 0.389 e. The van der Waals surface area contributed by atoms with E-state index >= 15 is 0 Å². The maximum Gasteiger partial charge on any atom is 0.389 e. The third-order valence-corrected chi connectivity index (χ3v) is 2.41. The molecule has 1 rings (SSSR count). The zero-order valence-electron chi connectivity index (χ0n) is 6.13. The monoisotopic (exact) mass is 152 g/mol. The van der Waals surface area contributed by atoms with Gasteiger partial charge in [-0.15, -0.1) is 0 Å². The van der Waals surface area contributed by atoms with Gasteiger partial charge in [0.2, 0.25) is 0 Å². The molecule has 0 saturated heterocycles. The summed E-state index contributed by atoms with van der Waals surface area (Å²) in [6, 6.07) is 0. The van der Waals surface area contributed by atoms with Gasteiger partial charge >= 0.3 is 6.18 Å². The van der Waals surface area contributed by atoms with Gasteiger partial charge in [-0.25, -0.2) is 0 Å². The van der Waals surface area contributed by atoms with E-state index in [0.29, 0.717) is 0 Å². The van der Waals surface area contributed by atoms with Crippen LogP contribution in [0.25, 0.3) is 0 Å². The van der Waals surface area contributed by atoms with Gasteiger partial charge in [0.15, 0.2) is 0 Å². The lowest BCUT2D eigenvalue weighted by molar-refractivity contribution is -0.147. The third-order valence-electron chi connectivity index (χ3n) is 2.41. The molecule has 3 heteroatoms. The van der Waals surface area contributed by atoms with Crippen LogP contribution in [0.1, 0.15) is 26.7 Å². The summed E-state index contributed by atoms with van der Waals surface area (Å²) in [6.45, 7) is 3.57. The average Bonchev–Trinajstić information content (AvgIpc) is 2.05. The standard InChI is InChI=1S/C7H11F3/c1-5-3-6(5,2)4-7(8,9)10/h5H,3-4H2,1-2H3. The van der Waals surface area contributed by atoms with Crippen molar-refractivity contribution in [2.75, 3.05) is 0 Å². The topological polar surface area (TPSA) is 0 Å². The minimum absolute atomic E-state index is 0.258. The molecule has 0 amide bonds. The smallest absolute Gasteiger partial charge is 0.171 e. The highest BCUT2D eigenvalue weighted by Gasteiger charge is 2.52. The van der Waals surface area contributed by atoms with Gasteiger partial charge in [-0.05, 0) is 17.8 Å². The molecule has 1 aliphatic rings. The van der Waals surface area contributed by atoms with Crippen LogP contribution in [0.2, 0.25) is 0 Å². The van der Waals surface area contributed by atoms with Crippen molar-refractivity contribution in [3.63, 3.8) is 0 Å². The van der Waals surface area contributed by atoms with E-state index < -0.39 is 18.0 Å². The molecule has 1 saturated carbocycles. The molecule has 0 aromatic rings. The van der Waals surface area contributed by atoms with E-state index in [1.165, 1.54) is 0 Å². The predicted molar refractivity (Wildman–Crippen MR) is 32.6 cm³/mol. The first-order chi connectivity index (χ1) is 4.33. The highest BCUT2D eigenvalue weighted by Crippen LogP contribution is 2.57. The summed E-state index contributed by atoms with van der Waals surface area (Å²) in [5.74, 6) is 0.258. The van der Waals surface area contributed by atoms with Crippen LogP contribution in [0.5, 0.6) is 0 Å². The Morgan fingerprint density at radius 1 is 1.50 bits per heavy atom. The molecular formula is C7H11F3. The van der Waals surface area contributed by atoms with E-state index in [4.69, 9.17) is 0 Å². The lowest BCUT2D eigenvalue weighted by Gasteiger charge is -2.12. The third kappa shape index (κ3) is 1.64. The number of halogens is 3. The summed E-state index contributed by atoms with van der Waals surface area (Å²) in [5.41, 5.74) is -0.432. The van der Waals surface area contributed by atoms with E-state index in [1.807, 2.05) is 6.92 Å². The van der Waals surface area contributed by atoms with Gasteiger partial charge in [-0.2, -0.15) is 13.2 Å². The van der Waals surface area contributed by atoms with Crippen LogP contribution in [0, 0.1) is 11.3 Å². The molecule has 0 aromatic heterocycles. The molecule has 0 radical (unpaired) electrons. The predicted octanol–water partition coefficient (Wildman–Crippen LogP) is 2.98. The van der Waals surface area contributed by atoms with Crippen molar-refractivity contribution >= 4 is 0 Å². The Morgan fingerprint density at radius 3 is 2.00 bits per heavy atom. The Balaban J connectivity index is 2.41. The molecule has 1 aliphatic carbocycles. The molecule has 0 N–H and O–H groups in total. The van der Waals surface area contributed by atoms with Crippen LogP contribution in [-0.2, 0) is 0 Å². The second-order valence-corrected chi connectivity index (χ2v) is 3.55. The first-order valence-corrected chi connectivity index (χ1v) is 3.40. The van der Waals surface area contributed by atoms with Gasteiger partial charge in [-0.3, -0.25) is 0 Å². The Labute approximate surface area is 58.4 Å². The molecule has 60 valence electrons. The first kappa shape index (κ1) is 7.89. The molecular weight excluding hydrogens is 141 g/mol. The molecule has 2 atom stereocenters. The summed E-state index contributed by atoms with van der Waals surface area (Å²) < 4.78 is 35.3. The van der Waals surface area contributed by atoms with Crippen LogP contribution in [0.15, 0.2) is 0 Å². The number of hydrogen-bond acceptors (Lipinski definition) is 0. The van der Waals surface area contributed by atoms with E-state index in [9.17, 15) is 13.2 Å². The lowest BCUT2D eigenvalue weighted by atomic mass is 10.0. The van der Waals surface area contributed by atoms with Crippen molar-refractivity contribution in [1.82, 2.24) is 0 Å². The zero-order valence-corrected chi connectivity index (χ0v) is 6.13. The first-order valence-electron chi connectivity index (χ1n) is 3.40. The van der Waals surface area contributed by atoms with Crippen molar-refractivity contribution in [3.8, 4) is 0 Å². The molecule has 1 fully saturated rings. The van der Waals surface area contributed by atoms with Crippen molar-refractivity contribution < 1.29 is 13.2 Å². The Morgan fingerprint density at radius 2 is 1.90 bits per heavy atom. The zero-order chi connectivity index (χ0) is 7.99. The summed E-state index contributed by atoms with van der Waals surface area (Å²) in [7, 11) is 0. The van der Waals surface area contributed by atoms with Crippen molar-refractivity contribution in [1.29, 1.82) is 0 Å². The molecule has 0 aliphatic heterocycles. The Kier molecular flexibility index (Phi) is 1.49. The lowest BCUT2D eigenvalue weighted by Crippen LogP contribution is -2.14. The van der Waals surface area contributed by atoms with Crippen LogP contribution >= 0.6 is 0 Å². The summed E-state index contributed by atoms with van der Waals surface area (Å²) in [6.07, 6.45) is -3.85. The quantitative estimate of drug-likeness (QED) is 0.541. The van der Waals surface area contributed by atoms with Crippen LogP contribution in [-0.4, -0.2) is 6.18 Å². The second-order valence-electron chi connectivity index (χ2n) is 3.55. The van der Waals surface area contributed by atoms with Crippen molar-refractivity contribution in [2.24, 2.45) is 11.3 Å². The van der Waals surface area contributed by atoms with Gasteiger partial charge in [0, 0.05) is 6.42 Å². The van der Waals surface area contributed by atoms with E-state index in [1.54, 1.807) is 6.92 Å². The fourth-order valence-electron chi connectivity index (χ4n) is 1.34. The highest BCUT2D eigenvalue weighted by atomic mass is 19.4. The Hall–Kier alpha value is -0.210. The highest BCUT2D eigenvalue weighted by molar-refractivity contribution is 4.97. The van der Waals surface area contributed by atoms with Crippen LogP contribution in [0.4, 0.5) is 13.2 Å². The minimum atomic E-state index is -3.97. The summed E-state index contributed by atoms with van der Waals surface area (Å²) in [5, 5.41) is 0. The number of hydrogen-bond donors (Lipinski definition) is 0. The maximum absolute atomic E-state index is 11.8. The fourth-order valence-corrected chi connectivity index (χ4v) is 1.34. The molecule has 0 spiro atoms. The van der Waals surface area contributed by atoms with Gasteiger partial charge in [0.05, 0.1) is 0 Å². The van der Waals surface area contributed by atoms with Gasteiger partial charge in [0.25, 0.3) is 0 Å². The molecule has 0 aromatic carbocycles. The van der Waals surface area contributed by atoms with Gasteiger partial charge < -0.3 is 0 Å². The van der Waals surface area contributed by atoms with E-state index in [0.717, 1.165) is 6.42 Å². The van der Waals surface area contributed by atoms with Crippen molar-refractivity contribution in [3.05, 3.63) is 0 Å². The minimum Gasteiger partial charge on any atom is -0.171 e. The maximum atomic E-state index is 11.8. The molecule has 0 bridgehead atoms. The summed E-state index contributed by atoms with van der Waals surface area (Å²) >= 11 is 0. The van der Waals surface area contributed by atoms with Gasteiger partial charge in [-0.1, -0.05) is 13.8 Å². The van der Waals surface area contributed by atoms with Crippen LogP contribution < -0.4 is 0 Å². The normalized spacial score (nSPS) is 39.9. The Bertz CT molecular complexity index is 138. The molecule has 0 heterocycles. The molecule has 0 nitrogen and oxygen atoms in total. The number of rotatable bonds is 1. The average molecular weight is 152 g/mol. The van der Waals surface area contributed by atoms with Crippen LogP contribution in [0.3, 0.4) is 0 Å². The SMILES string of the molecule is CC1CC1(C)CC(F)(F)F. The van der Waals surface area contributed by atoms with E-state index in [-0.39, 0.29) is 5.92 Å². The summed E-state index contributed by atoms with van der Waals surface area (Å²) in [4.78, 5) is 0. The van der Waals surface area contributed by atoms with Gasteiger partial charge in [0.1, 0.15) is 0 Å². The molecule has 2 unspecified atom stereocenters. The van der Waals surface area contributed by atoms with E-state index in [2.05, 4.69) is 0 Å². The fraction of sp³-hybridized carbons (Fsp3) is 1.00. The molecule has 10 heavy (non-hydrogen) atoms. The number of alkyl halides is 3.